The summed E-state index contributed by atoms with van der Waals surface area (Å²) in [6.07, 6.45) is 0.151. The third-order valence-electron chi connectivity index (χ3n) is 5.02. The number of hydrogen-bond donors (Lipinski definition) is 2. The third-order valence-corrected chi connectivity index (χ3v) is 6.52. The minimum Gasteiger partial charge on any atom is -0.353 e. The molecule has 0 saturated carbocycles. The lowest BCUT2D eigenvalue weighted by Gasteiger charge is -2.30. The molecule has 0 aliphatic rings. The highest BCUT2D eigenvalue weighted by Crippen LogP contribution is 2.15. The van der Waals surface area contributed by atoms with Crippen molar-refractivity contribution in [3.63, 3.8) is 0 Å². The predicted molar refractivity (Wildman–Crippen MR) is 121 cm³/mol. The van der Waals surface area contributed by atoms with Gasteiger partial charge in [0.25, 0.3) is 0 Å². The lowest BCUT2D eigenvalue weighted by molar-refractivity contribution is -0.122. The zero-order valence-corrected chi connectivity index (χ0v) is 19.3. The van der Waals surface area contributed by atoms with Gasteiger partial charge in [-0.05, 0) is 51.8 Å². The molecular formula is C23H32FN3O3S. The Morgan fingerprint density at radius 2 is 1.55 bits per heavy atom. The summed E-state index contributed by atoms with van der Waals surface area (Å²) >= 11 is 0. The molecule has 31 heavy (non-hydrogen) atoms. The largest absolute Gasteiger partial charge is 0.353 e. The Bertz CT molecular complexity index is 942. The van der Waals surface area contributed by atoms with Crippen LogP contribution in [0.25, 0.3) is 0 Å². The van der Waals surface area contributed by atoms with Crippen molar-refractivity contribution in [2.45, 2.75) is 57.1 Å². The molecule has 0 aromatic heterocycles. The van der Waals surface area contributed by atoms with Crippen molar-refractivity contribution in [2.75, 3.05) is 13.1 Å². The lowest BCUT2D eigenvalue weighted by Crippen LogP contribution is -2.50. The first-order valence-electron chi connectivity index (χ1n) is 10.5. The van der Waals surface area contributed by atoms with Crippen molar-refractivity contribution in [2.24, 2.45) is 0 Å². The molecule has 0 unspecified atom stereocenters. The van der Waals surface area contributed by atoms with E-state index in [9.17, 15) is 17.6 Å². The van der Waals surface area contributed by atoms with Crippen molar-refractivity contribution in [3.05, 3.63) is 66.0 Å². The van der Waals surface area contributed by atoms with E-state index in [4.69, 9.17) is 0 Å². The van der Waals surface area contributed by atoms with Gasteiger partial charge in [-0.2, -0.15) is 4.72 Å². The number of carbonyl (C=O) groups excluding carboxylic acids is 1. The standard InChI is InChI=1S/C23H32FN3O3S/c1-17(2)27(18(3)4)15-14-25-23(28)21(16-19-10-6-5-7-11-19)26-31(29,30)22-13-9-8-12-20(22)24/h5-13,17-18,21,26H,14-16H2,1-4H3,(H,25,28)/t21-/m0/s1. The summed E-state index contributed by atoms with van der Waals surface area (Å²) in [4.78, 5) is 14.7. The van der Waals surface area contributed by atoms with Crippen molar-refractivity contribution in [1.82, 2.24) is 14.9 Å². The number of nitrogens with zero attached hydrogens (tertiary/aromatic N) is 1. The SMILES string of the molecule is CC(C)N(CCNC(=O)[C@H](Cc1ccccc1)NS(=O)(=O)c1ccccc1F)C(C)C. The normalized spacial score (nSPS) is 13.0. The highest BCUT2D eigenvalue weighted by atomic mass is 32.2. The van der Waals surface area contributed by atoms with Gasteiger partial charge in [-0.1, -0.05) is 42.5 Å². The van der Waals surface area contributed by atoms with Crippen LogP contribution in [-0.2, 0) is 21.2 Å². The van der Waals surface area contributed by atoms with Crippen LogP contribution in [0.5, 0.6) is 0 Å². The highest BCUT2D eigenvalue weighted by molar-refractivity contribution is 7.89. The van der Waals surface area contributed by atoms with Gasteiger partial charge in [-0.25, -0.2) is 12.8 Å². The van der Waals surface area contributed by atoms with E-state index in [0.29, 0.717) is 25.2 Å². The second kappa shape index (κ2) is 11.4. The van der Waals surface area contributed by atoms with E-state index in [1.54, 1.807) is 0 Å². The van der Waals surface area contributed by atoms with Crippen LogP contribution in [0.3, 0.4) is 0 Å². The molecule has 0 radical (unpaired) electrons. The molecule has 2 aromatic carbocycles. The molecule has 2 N–H and O–H groups in total. The fourth-order valence-electron chi connectivity index (χ4n) is 3.50. The van der Waals surface area contributed by atoms with Crippen molar-refractivity contribution >= 4 is 15.9 Å². The number of hydrogen-bond acceptors (Lipinski definition) is 4. The number of halogens is 1. The fourth-order valence-corrected chi connectivity index (χ4v) is 4.77. The van der Waals surface area contributed by atoms with Crippen LogP contribution >= 0.6 is 0 Å². The zero-order chi connectivity index (χ0) is 23.0. The van der Waals surface area contributed by atoms with E-state index in [2.05, 4.69) is 42.6 Å². The molecule has 0 saturated heterocycles. The van der Waals surface area contributed by atoms with E-state index in [0.717, 1.165) is 11.6 Å². The Balaban J connectivity index is 2.16. The van der Waals surface area contributed by atoms with E-state index in [1.807, 2.05) is 30.3 Å². The summed E-state index contributed by atoms with van der Waals surface area (Å²) in [6, 6.07) is 13.8. The molecule has 0 spiro atoms. The van der Waals surface area contributed by atoms with Crippen LogP contribution in [0.15, 0.2) is 59.5 Å². The third kappa shape index (κ3) is 7.41. The van der Waals surface area contributed by atoms with Crippen molar-refractivity contribution in [3.8, 4) is 0 Å². The fraction of sp³-hybridized carbons (Fsp3) is 0.435. The van der Waals surface area contributed by atoms with Gasteiger partial charge in [0, 0.05) is 25.2 Å². The van der Waals surface area contributed by atoms with Gasteiger partial charge in [0.15, 0.2) is 0 Å². The van der Waals surface area contributed by atoms with Crippen LogP contribution in [0, 0.1) is 5.82 Å². The molecule has 1 atom stereocenters. The highest BCUT2D eigenvalue weighted by Gasteiger charge is 2.28. The van der Waals surface area contributed by atoms with Gasteiger partial charge >= 0.3 is 0 Å². The molecule has 0 heterocycles. The quantitative estimate of drug-likeness (QED) is 0.553. The van der Waals surface area contributed by atoms with Crippen LogP contribution in [0.1, 0.15) is 33.3 Å². The van der Waals surface area contributed by atoms with Crippen LogP contribution in [0.2, 0.25) is 0 Å². The van der Waals surface area contributed by atoms with Gasteiger partial charge in [0.2, 0.25) is 15.9 Å². The summed E-state index contributed by atoms with van der Waals surface area (Å²) < 4.78 is 42.0. The van der Waals surface area contributed by atoms with Gasteiger partial charge in [0.05, 0.1) is 0 Å². The van der Waals surface area contributed by atoms with Gasteiger partial charge in [-0.3, -0.25) is 9.69 Å². The minimum absolute atomic E-state index is 0.151. The topological polar surface area (TPSA) is 78.5 Å². The summed E-state index contributed by atoms with van der Waals surface area (Å²) in [6.45, 7) is 9.36. The van der Waals surface area contributed by atoms with Crippen molar-refractivity contribution in [1.29, 1.82) is 0 Å². The summed E-state index contributed by atoms with van der Waals surface area (Å²) in [7, 11) is -4.22. The average molecular weight is 450 g/mol. The average Bonchev–Trinajstić information content (AvgIpc) is 2.70. The Labute approximate surface area is 184 Å². The summed E-state index contributed by atoms with van der Waals surface area (Å²) in [5.41, 5.74) is 0.796. The maximum atomic E-state index is 14.1. The number of amides is 1. The second-order valence-corrected chi connectivity index (χ2v) is 9.69. The van der Waals surface area contributed by atoms with Gasteiger partial charge < -0.3 is 5.32 Å². The molecule has 0 aliphatic carbocycles. The monoisotopic (exact) mass is 449 g/mol. The number of carbonyl (C=O) groups is 1. The molecule has 1 amide bonds. The van der Waals surface area contributed by atoms with Gasteiger partial charge in [-0.15, -0.1) is 0 Å². The maximum Gasteiger partial charge on any atom is 0.244 e. The van der Waals surface area contributed by atoms with Gasteiger partial charge in [0.1, 0.15) is 16.8 Å². The minimum atomic E-state index is -4.22. The number of rotatable bonds is 11. The van der Waals surface area contributed by atoms with Crippen molar-refractivity contribution < 1.29 is 17.6 Å². The molecule has 8 heteroatoms. The first-order valence-corrected chi connectivity index (χ1v) is 11.9. The molecule has 2 rings (SSSR count). The molecule has 0 aliphatic heterocycles. The smallest absolute Gasteiger partial charge is 0.244 e. The predicted octanol–water partition coefficient (Wildman–Crippen LogP) is 2.95. The van der Waals surface area contributed by atoms with E-state index in [1.165, 1.54) is 18.2 Å². The first kappa shape index (κ1) is 25.0. The van der Waals surface area contributed by atoms with Crippen LogP contribution in [0.4, 0.5) is 4.39 Å². The Morgan fingerprint density at radius 3 is 2.13 bits per heavy atom. The Kier molecular flexibility index (Phi) is 9.15. The number of sulfonamides is 1. The second-order valence-electron chi connectivity index (χ2n) is 8.01. The van der Waals surface area contributed by atoms with E-state index < -0.39 is 32.7 Å². The Morgan fingerprint density at radius 1 is 0.968 bits per heavy atom. The molecule has 0 fully saturated rings. The molecule has 0 bridgehead atoms. The molecule has 6 nitrogen and oxygen atoms in total. The lowest BCUT2D eigenvalue weighted by atomic mass is 10.1. The molecule has 170 valence electrons. The summed E-state index contributed by atoms with van der Waals surface area (Å²) in [5.74, 6) is -1.31. The van der Waals surface area contributed by atoms with E-state index in [-0.39, 0.29) is 6.42 Å². The number of benzene rings is 2. The van der Waals surface area contributed by atoms with Crippen LogP contribution in [-0.4, -0.2) is 50.4 Å². The van der Waals surface area contributed by atoms with E-state index >= 15 is 0 Å². The molecule has 2 aromatic rings. The number of nitrogens with one attached hydrogen (secondary N) is 2. The summed E-state index contributed by atoms with van der Waals surface area (Å²) in [5, 5.41) is 2.83. The maximum absolute atomic E-state index is 14.1. The zero-order valence-electron chi connectivity index (χ0n) is 18.5. The van der Waals surface area contributed by atoms with Crippen LogP contribution < -0.4 is 10.0 Å². The molecular weight excluding hydrogens is 417 g/mol. The first-order chi connectivity index (χ1) is 14.6. The Hall–Kier alpha value is -2.29.